The maximum absolute atomic E-state index is 5.93. The standard InChI is InChI=1S/C17H18ClN5O/c18-14-4-2-13(3-5-14)12-15-21-16(24-22-15)17(6-9-19-10-7-17)23-11-1-8-20-23/h1-5,8,11,19H,6-7,9-10,12H2. The Bertz CT molecular complexity index is 791. The molecule has 0 aliphatic carbocycles. The molecule has 3 aromatic rings. The summed E-state index contributed by atoms with van der Waals surface area (Å²) in [5, 5.41) is 12.7. The van der Waals surface area contributed by atoms with Crippen LogP contribution in [0.4, 0.5) is 0 Å². The maximum Gasteiger partial charge on any atom is 0.254 e. The highest BCUT2D eigenvalue weighted by Crippen LogP contribution is 2.33. The highest BCUT2D eigenvalue weighted by Gasteiger charge is 2.41. The number of nitrogens with zero attached hydrogens (tertiary/aromatic N) is 4. The fourth-order valence-corrected chi connectivity index (χ4v) is 3.33. The summed E-state index contributed by atoms with van der Waals surface area (Å²) in [7, 11) is 0. The van der Waals surface area contributed by atoms with Gasteiger partial charge in [-0.05, 0) is 49.7 Å². The van der Waals surface area contributed by atoms with Gasteiger partial charge < -0.3 is 9.84 Å². The van der Waals surface area contributed by atoms with Crippen molar-refractivity contribution < 1.29 is 4.52 Å². The molecule has 1 aliphatic heterocycles. The van der Waals surface area contributed by atoms with E-state index in [4.69, 9.17) is 16.1 Å². The Kier molecular flexibility index (Phi) is 4.08. The van der Waals surface area contributed by atoms with E-state index in [1.54, 1.807) is 6.20 Å². The summed E-state index contributed by atoms with van der Waals surface area (Å²) in [6, 6.07) is 9.62. The van der Waals surface area contributed by atoms with E-state index in [1.807, 2.05) is 41.2 Å². The fraction of sp³-hybridized carbons (Fsp3) is 0.353. The highest BCUT2D eigenvalue weighted by molar-refractivity contribution is 6.30. The minimum atomic E-state index is -0.361. The molecule has 6 nitrogen and oxygen atoms in total. The van der Waals surface area contributed by atoms with Crippen molar-refractivity contribution in [3.63, 3.8) is 0 Å². The third-order valence-corrected chi connectivity index (χ3v) is 4.77. The molecule has 1 saturated heterocycles. The van der Waals surface area contributed by atoms with E-state index in [0.717, 1.165) is 36.5 Å². The molecule has 0 radical (unpaired) electrons. The summed E-state index contributed by atoms with van der Waals surface area (Å²) in [4.78, 5) is 4.68. The first-order valence-corrected chi connectivity index (χ1v) is 8.42. The Morgan fingerprint density at radius 2 is 2.00 bits per heavy atom. The average molecular weight is 344 g/mol. The molecule has 2 aromatic heterocycles. The smallest absolute Gasteiger partial charge is 0.254 e. The molecule has 0 bridgehead atoms. The second kappa shape index (κ2) is 6.37. The van der Waals surface area contributed by atoms with Crippen LogP contribution >= 0.6 is 11.6 Å². The Labute approximate surface area is 144 Å². The molecule has 124 valence electrons. The van der Waals surface area contributed by atoms with E-state index >= 15 is 0 Å². The van der Waals surface area contributed by atoms with Crippen molar-refractivity contribution in [1.82, 2.24) is 25.2 Å². The number of aromatic nitrogens is 4. The zero-order valence-electron chi connectivity index (χ0n) is 13.2. The molecule has 3 heterocycles. The lowest BCUT2D eigenvalue weighted by Gasteiger charge is -2.34. The van der Waals surface area contributed by atoms with Gasteiger partial charge >= 0.3 is 0 Å². The molecule has 1 fully saturated rings. The van der Waals surface area contributed by atoms with Gasteiger partial charge in [-0.3, -0.25) is 4.68 Å². The first-order valence-electron chi connectivity index (χ1n) is 8.05. The number of halogens is 1. The monoisotopic (exact) mass is 343 g/mol. The number of hydrogen-bond donors (Lipinski definition) is 1. The molecule has 0 unspecified atom stereocenters. The normalized spacial score (nSPS) is 17.0. The van der Waals surface area contributed by atoms with Crippen LogP contribution in [0.3, 0.4) is 0 Å². The van der Waals surface area contributed by atoms with Crippen molar-refractivity contribution in [3.8, 4) is 0 Å². The maximum atomic E-state index is 5.93. The van der Waals surface area contributed by atoms with Gasteiger partial charge in [-0.2, -0.15) is 10.1 Å². The summed E-state index contributed by atoms with van der Waals surface area (Å²) >= 11 is 5.93. The van der Waals surface area contributed by atoms with Crippen LogP contribution < -0.4 is 5.32 Å². The lowest BCUT2D eigenvalue weighted by molar-refractivity contribution is 0.172. The van der Waals surface area contributed by atoms with E-state index in [1.165, 1.54) is 0 Å². The zero-order chi connectivity index (χ0) is 16.4. The summed E-state index contributed by atoms with van der Waals surface area (Å²) < 4.78 is 7.60. The molecule has 0 atom stereocenters. The van der Waals surface area contributed by atoms with Gasteiger partial charge in [-0.15, -0.1) is 0 Å². The third-order valence-electron chi connectivity index (χ3n) is 4.52. The predicted octanol–water partition coefficient (Wildman–Crippen LogP) is 2.64. The Hall–Kier alpha value is -2.18. The van der Waals surface area contributed by atoms with Crippen LogP contribution in [-0.2, 0) is 12.0 Å². The van der Waals surface area contributed by atoms with Crippen molar-refractivity contribution in [2.24, 2.45) is 0 Å². The molecule has 0 amide bonds. The third kappa shape index (κ3) is 2.83. The molecule has 1 aromatic carbocycles. The van der Waals surface area contributed by atoms with E-state index < -0.39 is 0 Å². The van der Waals surface area contributed by atoms with Crippen molar-refractivity contribution >= 4 is 11.6 Å². The average Bonchev–Trinajstić information content (AvgIpc) is 3.30. The van der Waals surface area contributed by atoms with Gasteiger partial charge in [-0.1, -0.05) is 28.9 Å². The van der Waals surface area contributed by atoms with Crippen LogP contribution in [0.25, 0.3) is 0 Å². The second-order valence-corrected chi connectivity index (χ2v) is 6.49. The quantitative estimate of drug-likeness (QED) is 0.788. The topological polar surface area (TPSA) is 68.8 Å². The molecular formula is C17H18ClN5O. The predicted molar refractivity (Wildman–Crippen MR) is 90.0 cm³/mol. The van der Waals surface area contributed by atoms with Crippen molar-refractivity contribution in [1.29, 1.82) is 0 Å². The van der Waals surface area contributed by atoms with Crippen LogP contribution in [0.5, 0.6) is 0 Å². The summed E-state index contributed by atoms with van der Waals surface area (Å²) in [6.45, 7) is 1.80. The lowest BCUT2D eigenvalue weighted by Crippen LogP contribution is -2.45. The minimum absolute atomic E-state index is 0.361. The SMILES string of the molecule is Clc1ccc(Cc2noc(C3(n4cccn4)CCNCC3)n2)cc1. The Morgan fingerprint density at radius 3 is 2.71 bits per heavy atom. The molecule has 1 N–H and O–H groups in total. The molecule has 7 heteroatoms. The second-order valence-electron chi connectivity index (χ2n) is 6.05. The lowest BCUT2D eigenvalue weighted by atomic mass is 9.88. The van der Waals surface area contributed by atoms with E-state index in [9.17, 15) is 0 Å². The van der Waals surface area contributed by atoms with Crippen molar-refractivity contribution in [2.45, 2.75) is 24.8 Å². The van der Waals surface area contributed by atoms with E-state index in [2.05, 4.69) is 20.6 Å². The largest absolute Gasteiger partial charge is 0.337 e. The molecular weight excluding hydrogens is 326 g/mol. The fourth-order valence-electron chi connectivity index (χ4n) is 3.20. The van der Waals surface area contributed by atoms with Gasteiger partial charge in [0.2, 0.25) is 0 Å². The molecule has 0 saturated carbocycles. The molecule has 0 spiro atoms. The van der Waals surface area contributed by atoms with E-state index in [-0.39, 0.29) is 5.54 Å². The number of benzene rings is 1. The number of piperidine rings is 1. The Morgan fingerprint density at radius 1 is 1.21 bits per heavy atom. The van der Waals surface area contributed by atoms with Gasteiger partial charge in [0.15, 0.2) is 5.82 Å². The van der Waals surface area contributed by atoms with Crippen LogP contribution in [0, 0.1) is 0 Å². The van der Waals surface area contributed by atoms with Gasteiger partial charge in [-0.25, -0.2) is 0 Å². The summed E-state index contributed by atoms with van der Waals surface area (Å²) in [6.07, 6.45) is 6.12. The van der Waals surface area contributed by atoms with Gasteiger partial charge in [0.05, 0.1) is 0 Å². The van der Waals surface area contributed by atoms with Crippen molar-refractivity contribution in [3.05, 3.63) is 65.0 Å². The molecule has 24 heavy (non-hydrogen) atoms. The Balaban J connectivity index is 1.63. The number of hydrogen-bond acceptors (Lipinski definition) is 5. The van der Waals surface area contributed by atoms with Crippen molar-refractivity contribution in [2.75, 3.05) is 13.1 Å². The number of nitrogens with one attached hydrogen (secondary N) is 1. The van der Waals surface area contributed by atoms with Crippen LogP contribution in [0.2, 0.25) is 5.02 Å². The molecule has 1 aliphatic rings. The van der Waals surface area contributed by atoms with Gasteiger partial charge in [0.25, 0.3) is 5.89 Å². The summed E-state index contributed by atoms with van der Waals surface area (Å²) in [5.74, 6) is 1.31. The summed E-state index contributed by atoms with van der Waals surface area (Å²) in [5.41, 5.74) is 0.741. The van der Waals surface area contributed by atoms with Crippen LogP contribution in [0.1, 0.15) is 30.1 Å². The van der Waals surface area contributed by atoms with Crippen LogP contribution in [-0.4, -0.2) is 33.0 Å². The highest BCUT2D eigenvalue weighted by atomic mass is 35.5. The zero-order valence-corrected chi connectivity index (χ0v) is 13.9. The minimum Gasteiger partial charge on any atom is -0.337 e. The number of rotatable bonds is 4. The molecule has 4 rings (SSSR count). The van der Waals surface area contributed by atoms with Gasteiger partial charge in [0, 0.05) is 23.8 Å². The van der Waals surface area contributed by atoms with Gasteiger partial charge in [0.1, 0.15) is 5.54 Å². The first-order chi connectivity index (χ1) is 11.8. The first kappa shape index (κ1) is 15.4. The van der Waals surface area contributed by atoms with Crippen LogP contribution in [0.15, 0.2) is 47.2 Å². The van der Waals surface area contributed by atoms with E-state index in [0.29, 0.717) is 18.1 Å².